The van der Waals surface area contributed by atoms with E-state index in [1.165, 1.54) is 30.9 Å². The molecule has 6 unspecified atom stereocenters. The van der Waals surface area contributed by atoms with Crippen LogP contribution in [0.25, 0.3) is 44.8 Å². The number of nitrogens with two attached hydrogens (primary N) is 2. The molecular formula is C72H86F7N17O2. The minimum absolute atomic E-state index is 0.0183. The number of nitrogens with zero attached hydrogens (tertiary/aromatic N) is 15. The molecule has 19 nitrogen and oxygen atoms in total. The maximum Gasteiger partial charge on any atom is 0.419 e. The average Bonchev–Trinajstić information content (AvgIpc) is 1.57. The zero-order chi connectivity index (χ0) is 68.5. The zero-order valence-corrected chi connectivity index (χ0v) is 56.3. The number of carbonyl (C=O) groups excluding carboxylic acids is 1. The van der Waals surface area contributed by atoms with E-state index in [9.17, 15) is 35.5 Å². The Morgan fingerprint density at radius 1 is 0.531 bits per heavy atom. The van der Waals surface area contributed by atoms with Gasteiger partial charge in [-0.25, -0.2) is 14.4 Å². The number of ether oxygens (including phenoxy) is 1. The second-order valence-corrected chi connectivity index (χ2v) is 29.8. The number of fused-ring (bicyclic) bond motifs is 4. The van der Waals surface area contributed by atoms with Crippen molar-refractivity contribution in [3.63, 3.8) is 0 Å². The molecule has 9 fully saturated rings. The van der Waals surface area contributed by atoms with Gasteiger partial charge in [-0.05, 0) is 177 Å². The van der Waals surface area contributed by atoms with Crippen LogP contribution in [0, 0.1) is 35.5 Å². The molecule has 26 heteroatoms. The largest absolute Gasteiger partial charge is 0.419 e. The number of aromatic nitrogens is 12. The highest BCUT2D eigenvalue weighted by Gasteiger charge is 2.62. The molecule has 1 amide bonds. The second-order valence-electron chi connectivity index (χ2n) is 29.8. The number of hydrogen-bond acceptors (Lipinski definition) is 14. The van der Waals surface area contributed by atoms with E-state index >= 15 is 0 Å². The van der Waals surface area contributed by atoms with E-state index in [0.717, 1.165) is 134 Å². The molecule has 4 N–H and O–H groups in total. The number of halogens is 7. The molecule has 3 saturated heterocycles. The van der Waals surface area contributed by atoms with Crippen LogP contribution in [0.5, 0.6) is 0 Å². The zero-order valence-electron chi connectivity index (χ0n) is 56.3. The lowest BCUT2D eigenvalue weighted by Gasteiger charge is -2.40. The highest BCUT2D eigenvalue weighted by atomic mass is 19.4. The lowest BCUT2D eigenvalue weighted by atomic mass is 9.99. The molecule has 0 bridgehead atoms. The SMILES string of the molecule is CC(C)n1nc(-c2cnc(N)c(C(F)(F)F)c2)cc1C1[C@H]2CC(N3CC(F)C3)C[C@@H]12.CC(C)n1nc(-c2cnc(N)c(C(F)(F)F)c2)cc1C1[C@H]2CC(N3CCCC3=O)C[C@@H]12.CC(C)n1nc(-c2cnc3cnn([C@@H](C)c4ccccn4)c3c2)cc1C1[C@H]2CC(N3CCOCC3)C[C@@H]12. The van der Waals surface area contributed by atoms with Crippen LogP contribution >= 0.6 is 0 Å². The van der Waals surface area contributed by atoms with Gasteiger partial charge in [0.1, 0.15) is 23.3 Å². The molecule has 8 aromatic rings. The van der Waals surface area contributed by atoms with E-state index in [2.05, 4.69) is 77.6 Å². The number of pyridine rings is 4. The second kappa shape index (κ2) is 25.4. The van der Waals surface area contributed by atoms with E-state index in [1.54, 1.807) is 0 Å². The molecule has 0 spiro atoms. The van der Waals surface area contributed by atoms with Crippen molar-refractivity contribution in [1.29, 1.82) is 0 Å². The maximum atomic E-state index is 13.3. The molecule has 520 valence electrons. The maximum absolute atomic E-state index is 13.3. The highest BCUT2D eigenvalue weighted by molar-refractivity contribution is 5.80. The molecule has 0 aromatic carbocycles. The summed E-state index contributed by atoms with van der Waals surface area (Å²) in [5.74, 6) is 4.26. The van der Waals surface area contributed by atoms with Crippen molar-refractivity contribution in [1.82, 2.24) is 73.8 Å². The molecular weight excluding hydrogens is 1270 g/mol. The summed E-state index contributed by atoms with van der Waals surface area (Å²) in [5, 5.41) is 19.0. The predicted octanol–water partition coefficient (Wildman–Crippen LogP) is 13.2. The molecule has 98 heavy (non-hydrogen) atoms. The summed E-state index contributed by atoms with van der Waals surface area (Å²) in [5.41, 5.74) is 19.1. The van der Waals surface area contributed by atoms with Gasteiger partial charge < -0.3 is 21.1 Å². The molecule has 6 saturated carbocycles. The Hall–Kier alpha value is -7.84. The van der Waals surface area contributed by atoms with E-state index < -0.39 is 41.3 Å². The van der Waals surface area contributed by atoms with Gasteiger partial charge in [0, 0.05) is 152 Å². The van der Waals surface area contributed by atoms with Crippen LogP contribution in [0.15, 0.2) is 85.6 Å². The van der Waals surface area contributed by atoms with Crippen molar-refractivity contribution < 1.29 is 40.3 Å². The summed E-state index contributed by atoms with van der Waals surface area (Å²) < 4.78 is 106. The summed E-state index contributed by atoms with van der Waals surface area (Å²) in [6.45, 7) is 20.6. The minimum Gasteiger partial charge on any atom is -0.383 e. The lowest BCUT2D eigenvalue weighted by Crippen LogP contribution is -2.53. The molecule has 11 heterocycles. The van der Waals surface area contributed by atoms with Crippen molar-refractivity contribution in [2.75, 3.05) is 57.4 Å². The first-order chi connectivity index (χ1) is 46.9. The van der Waals surface area contributed by atoms with Gasteiger partial charge in [-0.3, -0.25) is 43.3 Å². The lowest BCUT2D eigenvalue weighted by molar-refractivity contribution is -0.137. The number of amides is 1. The van der Waals surface area contributed by atoms with Gasteiger partial charge in [-0.1, -0.05) is 6.07 Å². The van der Waals surface area contributed by atoms with Crippen molar-refractivity contribution in [2.45, 2.75) is 178 Å². The van der Waals surface area contributed by atoms with E-state index in [4.69, 9.17) is 26.3 Å². The van der Waals surface area contributed by atoms with E-state index in [-0.39, 0.29) is 24.0 Å². The summed E-state index contributed by atoms with van der Waals surface area (Å²) in [6.07, 6.45) is 6.86. The minimum atomic E-state index is -4.56. The Morgan fingerprint density at radius 2 is 0.980 bits per heavy atom. The van der Waals surface area contributed by atoms with Crippen LogP contribution in [-0.4, -0.2) is 150 Å². The van der Waals surface area contributed by atoms with Crippen LogP contribution in [0.1, 0.15) is 176 Å². The van der Waals surface area contributed by atoms with E-state index in [1.807, 2.05) is 95.6 Å². The Labute approximate surface area is 564 Å². The third-order valence-corrected chi connectivity index (χ3v) is 22.8. The normalized spacial score (nSPS) is 27.8. The Balaban J connectivity index is 0.000000121. The van der Waals surface area contributed by atoms with Crippen molar-refractivity contribution >= 4 is 28.6 Å². The fraction of sp³-hybridized carbons (Fsp3) is 0.569. The number of rotatable bonds is 14. The average molecular weight is 1350 g/mol. The fourth-order valence-electron chi connectivity index (χ4n) is 17.8. The first-order valence-electron chi connectivity index (χ1n) is 35.0. The highest BCUT2D eigenvalue weighted by Crippen LogP contribution is 2.67. The molecule has 3 aliphatic heterocycles. The van der Waals surface area contributed by atoms with Crippen molar-refractivity contribution in [2.24, 2.45) is 35.5 Å². The molecule has 0 radical (unpaired) electrons. The monoisotopic (exact) mass is 1350 g/mol. The standard InChI is InChI=1S/C29H35N7O.C22H26F3N5O.C21H25F4N5/c1-18(2)35-28(29-22-13-21(14-23(22)29)34-8-10-37-11-9-34)15-25(33-35)20-12-27-26(31-16-20)17-32-36(27)19(3)24-6-4-5-7-30-24;1-11(2)30-18(20-14-7-13(8-15(14)20)29-5-3-4-19(29)31)9-17(28-30)12-6-16(22(23,24)25)21(26)27-10-12;1-10(2)30-18(19-14-4-13(5-15(14)19)29-8-12(22)9-29)6-17(28-30)11-3-16(21(23,24)25)20(26)27-7-11/h4-7,12,15-19,21-23,29H,8-11,13-14H2,1-3H3;6,9-11,13-15,20H,3-5,7-8H2,1-2H3,(H2,26,27);3,6-7,10,12-15,19H,4-5,8-9H2,1-2H3,(H2,26,27)/t19-,21?,22-,23+,29?;13?,14-,15+,20?;13?,14-,15+,19?/m0../s1. The number of hydrogen-bond donors (Lipinski definition) is 2. The smallest absolute Gasteiger partial charge is 0.383 e. The van der Waals surface area contributed by atoms with Crippen LogP contribution in [0.2, 0.25) is 0 Å². The first-order valence-corrected chi connectivity index (χ1v) is 35.0. The number of anilines is 2. The van der Waals surface area contributed by atoms with Gasteiger partial charge >= 0.3 is 12.4 Å². The van der Waals surface area contributed by atoms with Gasteiger partial charge in [-0.2, -0.15) is 46.7 Å². The Morgan fingerprint density at radius 3 is 1.40 bits per heavy atom. The van der Waals surface area contributed by atoms with Crippen LogP contribution in [0.3, 0.4) is 0 Å². The predicted molar refractivity (Wildman–Crippen MR) is 356 cm³/mol. The van der Waals surface area contributed by atoms with Crippen molar-refractivity contribution in [3.05, 3.63) is 119 Å². The number of carbonyl (C=O) groups is 1. The Kier molecular flexibility index (Phi) is 17.1. The fourth-order valence-corrected chi connectivity index (χ4v) is 17.8. The quantitative estimate of drug-likeness (QED) is 0.0970. The third kappa shape index (κ3) is 12.4. The third-order valence-electron chi connectivity index (χ3n) is 22.8. The van der Waals surface area contributed by atoms with Gasteiger partial charge in [-0.15, -0.1) is 0 Å². The van der Waals surface area contributed by atoms with Crippen LogP contribution < -0.4 is 11.5 Å². The molecule has 8 aromatic heterocycles. The summed E-state index contributed by atoms with van der Waals surface area (Å²) >= 11 is 0. The van der Waals surface area contributed by atoms with E-state index in [0.29, 0.717) is 102 Å². The summed E-state index contributed by atoms with van der Waals surface area (Å²) in [4.78, 5) is 35.8. The summed E-state index contributed by atoms with van der Waals surface area (Å²) in [6, 6.07) is 18.5. The van der Waals surface area contributed by atoms with Crippen LogP contribution in [-0.2, 0) is 21.9 Å². The van der Waals surface area contributed by atoms with Gasteiger partial charge in [0.05, 0.1) is 64.9 Å². The molecule has 13 atom stereocenters. The van der Waals surface area contributed by atoms with Crippen molar-refractivity contribution in [3.8, 4) is 33.8 Å². The Bertz CT molecular complexity index is 4210. The first kappa shape index (κ1) is 66.1. The molecule has 17 rings (SSSR count). The number of morpholine rings is 1. The molecule has 9 aliphatic rings. The van der Waals surface area contributed by atoms with Gasteiger partial charge in [0.2, 0.25) is 5.91 Å². The molecule has 6 aliphatic carbocycles. The topological polar surface area (TPSA) is 211 Å². The number of nitrogen functional groups attached to an aromatic ring is 2. The summed E-state index contributed by atoms with van der Waals surface area (Å²) in [7, 11) is 0. The number of likely N-dealkylation sites (tertiary alicyclic amines) is 2. The van der Waals surface area contributed by atoms with Gasteiger partial charge in [0.15, 0.2) is 0 Å². The van der Waals surface area contributed by atoms with Crippen LogP contribution in [0.4, 0.5) is 42.4 Å². The van der Waals surface area contributed by atoms with Gasteiger partial charge in [0.25, 0.3) is 0 Å². The number of alkyl halides is 7.